The third-order valence-electron chi connectivity index (χ3n) is 3.32. The fraction of sp³-hybridized carbons (Fsp3) is 0.235. The maximum atomic E-state index is 12.3. The molecule has 0 aliphatic carbocycles. The second kappa shape index (κ2) is 7.74. The van der Waals surface area contributed by atoms with Gasteiger partial charge in [-0.15, -0.1) is 0 Å². The average Bonchev–Trinajstić information content (AvgIpc) is 2.54. The largest absolute Gasteiger partial charge is 0.496 e. The number of rotatable bonds is 6. The molecule has 0 radical (unpaired) electrons. The summed E-state index contributed by atoms with van der Waals surface area (Å²) < 4.78 is 5.24. The van der Waals surface area contributed by atoms with E-state index in [2.05, 4.69) is 10.3 Å². The van der Waals surface area contributed by atoms with Crippen molar-refractivity contribution in [2.45, 2.75) is 12.8 Å². The molecule has 2 rings (SSSR count). The van der Waals surface area contributed by atoms with Crippen LogP contribution in [-0.2, 0) is 17.6 Å². The highest BCUT2D eigenvalue weighted by atomic mass is 35.5. The summed E-state index contributed by atoms with van der Waals surface area (Å²) in [6, 6.07) is 8.51. The van der Waals surface area contributed by atoms with Gasteiger partial charge in [-0.2, -0.15) is 0 Å². The molecule has 1 amide bonds. The Hall–Kier alpha value is -2.40. The zero-order valence-corrected chi connectivity index (χ0v) is 13.7. The third kappa shape index (κ3) is 4.53. The molecule has 0 spiro atoms. The van der Waals surface area contributed by atoms with Gasteiger partial charge in [-0.3, -0.25) is 14.6 Å². The lowest BCUT2D eigenvalue weighted by Crippen LogP contribution is -2.19. The number of benzene rings is 1. The zero-order valence-electron chi connectivity index (χ0n) is 12.9. The second-order valence-corrected chi connectivity index (χ2v) is 5.41. The maximum Gasteiger partial charge on any atom is 0.269 e. The van der Waals surface area contributed by atoms with Crippen LogP contribution in [0.1, 0.15) is 21.6 Å². The van der Waals surface area contributed by atoms with E-state index < -0.39 is 0 Å². The molecule has 1 aromatic carbocycles. The molecule has 23 heavy (non-hydrogen) atoms. The molecule has 0 atom stereocenters. The van der Waals surface area contributed by atoms with Crippen LogP contribution in [0.25, 0.3) is 0 Å². The Morgan fingerprint density at radius 3 is 2.70 bits per heavy atom. The summed E-state index contributed by atoms with van der Waals surface area (Å²) in [5.41, 5.74) is 1.77. The van der Waals surface area contributed by atoms with Crippen LogP contribution in [0.4, 0.5) is 0 Å². The Labute approximate surface area is 139 Å². The molecule has 1 N–H and O–H groups in total. The Kier molecular flexibility index (Phi) is 5.71. The van der Waals surface area contributed by atoms with Crippen LogP contribution in [0.3, 0.4) is 0 Å². The van der Waals surface area contributed by atoms with Gasteiger partial charge in [-0.05, 0) is 35.9 Å². The minimum Gasteiger partial charge on any atom is -0.496 e. The summed E-state index contributed by atoms with van der Waals surface area (Å²) in [5.74, 6) is 0.346. The highest BCUT2D eigenvalue weighted by Gasteiger charge is 2.12. The van der Waals surface area contributed by atoms with Gasteiger partial charge < -0.3 is 10.1 Å². The molecule has 0 bridgehead atoms. The van der Waals surface area contributed by atoms with Crippen LogP contribution in [0.5, 0.6) is 5.75 Å². The van der Waals surface area contributed by atoms with Gasteiger partial charge in [0.2, 0.25) is 0 Å². The number of hydrogen-bond donors (Lipinski definition) is 1. The molecule has 0 unspecified atom stereocenters. The van der Waals surface area contributed by atoms with Gasteiger partial charge in [0.05, 0.1) is 7.11 Å². The van der Waals surface area contributed by atoms with Crippen LogP contribution in [-0.4, -0.2) is 30.8 Å². The van der Waals surface area contributed by atoms with E-state index >= 15 is 0 Å². The van der Waals surface area contributed by atoms with E-state index in [4.69, 9.17) is 16.3 Å². The van der Waals surface area contributed by atoms with Gasteiger partial charge in [0, 0.05) is 36.7 Å². The van der Waals surface area contributed by atoms with E-state index in [0.29, 0.717) is 10.8 Å². The predicted molar refractivity (Wildman–Crippen MR) is 88.0 cm³/mol. The first-order chi connectivity index (χ1) is 11.0. The van der Waals surface area contributed by atoms with Crippen LogP contribution in [0.2, 0.25) is 5.02 Å². The Bertz CT molecular complexity index is 732. The van der Waals surface area contributed by atoms with E-state index in [9.17, 15) is 9.59 Å². The highest BCUT2D eigenvalue weighted by molar-refractivity contribution is 6.30. The number of carbonyl (C=O) groups excluding carboxylic acids is 2. The molecule has 2 aromatic rings. The monoisotopic (exact) mass is 332 g/mol. The first kappa shape index (κ1) is 17.0. The molecule has 0 saturated heterocycles. The number of halogens is 1. The zero-order chi connectivity index (χ0) is 16.8. The molecule has 0 aliphatic rings. The van der Waals surface area contributed by atoms with E-state index in [-0.39, 0.29) is 30.2 Å². The summed E-state index contributed by atoms with van der Waals surface area (Å²) >= 11 is 5.97. The molecule has 1 aromatic heterocycles. The van der Waals surface area contributed by atoms with Gasteiger partial charge in [0.15, 0.2) is 0 Å². The van der Waals surface area contributed by atoms with Crippen LogP contribution < -0.4 is 10.1 Å². The minimum atomic E-state index is -0.282. The molecule has 1 heterocycles. The summed E-state index contributed by atoms with van der Waals surface area (Å²) in [6.07, 6.45) is 1.94. The Morgan fingerprint density at radius 1 is 1.22 bits per heavy atom. The molecule has 0 saturated carbocycles. The number of ether oxygens (including phenoxy) is 1. The Balaban J connectivity index is 2.11. The number of hydrogen-bond acceptors (Lipinski definition) is 4. The van der Waals surface area contributed by atoms with E-state index in [0.717, 1.165) is 11.1 Å². The van der Waals surface area contributed by atoms with Crippen molar-refractivity contribution >= 4 is 23.3 Å². The van der Waals surface area contributed by atoms with Gasteiger partial charge in [-0.25, -0.2) is 0 Å². The lowest BCUT2D eigenvalue weighted by atomic mass is 10.0. The van der Waals surface area contributed by atoms with Gasteiger partial charge in [-0.1, -0.05) is 11.6 Å². The molecular weight excluding hydrogens is 316 g/mol. The van der Waals surface area contributed by atoms with Crippen molar-refractivity contribution in [3.8, 4) is 5.75 Å². The molecule has 6 heteroatoms. The van der Waals surface area contributed by atoms with E-state index in [1.807, 2.05) is 0 Å². The normalized spacial score (nSPS) is 10.2. The summed E-state index contributed by atoms with van der Waals surface area (Å²) in [5, 5.41) is 3.06. The van der Waals surface area contributed by atoms with E-state index in [1.54, 1.807) is 37.4 Å². The average molecular weight is 333 g/mol. The van der Waals surface area contributed by atoms with Crippen LogP contribution in [0.15, 0.2) is 36.5 Å². The summed E-state index contributed by atoms with van der Waals surface area (Å²) in [7, 11) is 3.09. The number of carbonyl (C=O) groups is 2. The Morgan fingerprint density at radius 2 is 2.00 bits per heavy atom. The molecular formula is C17H17ClN2O3. The van der Waals surface area contributed by atoms with Crippen molar-refractivity contribution in [2.24, 2.45) is 0 Å². The maximum absolute atomic E-state index is 12.3. The SMILES string of the molecule is CNC(=O)c1cc(CC(=O)Cc2cc(Cl)ccc2OC)ccn1. The number of nitrogens with zero attached hydrogens (tertiary/aromatic N) is 1. The number of pyridine rings is 1. The number of aromatic nitrogens is 1. The molecule has 0 fully saturated rings. The van der Waals surface area contributed by atoms with Crippen LogP contribution in [0, 0.1) is 0 Å². The fourth-order valence-corrected chi connectivity index (χ4v) is 2.42. The van der Waals surface area contributed by atoms with Crippen molar-refractivity contribution in [1.82, 2.24) is 10.3 Å². The predicted octanol–water partition coefficient (Wildman–Crippen LogP) is 2.46. The van der Waals surface area contributed by atoms with Crippen LogP contribution >= 0.6 is 11.6 Å². The van der Waals surface area contributed by atoms with Crippen molar-refractivity contribution in [1.29, 1.82) is 0 Å². The number of ketones is 1. The topological polar surface area (TPSA) is 68.3 Å². The van der Waals surface area contributed by atoms with E-state index in [1.165, 1.54) is 13.2 Å². The van der Waals surface area contributed by atoms with Gasteiger partial charge in [0.1, 0.15) is 17.2 Å². The first-order valence-electron chi connectivity index (χ1n) is 7.04. The molecule has 5 nitrogen and oxygen atoms in total. The third-order valence-corrected chi connectivity index (χ3v) is 3.55. The summed E-state index contributed by atoms with van der Waals surface area (Å²) in [4.78, 5) is 27.8. The number of methoxy groups -OCH3 is 1. The van der Waals surface area contributed by atoms with Gasteiger partial charge in [0.25, 0.3) is 5.91 Å². The fourth-order valence-electron chi connectivity index (χ4n) is 2.22. The number of nitrogens with one attached hydrogen (secondary N) is 1. The molecule has 120 valence electrons. The quantitative estimate of drug-likeness (QED) is 0.882. The minimum absolute atomic E-state index is 0.000349. The number of amides is 1. The van der Waals surface area contributed by atoms with Crippen molar-refractivity contribution in [2.75, 3.05) is 14.2 Å². The standard InChI is InChI=1S/C17H17ClN2O3/c1-19-17(22)15-8-11(5-6-20-15)7-14(21)10-12-9-13(18)3-4-16(12)23-2/h3-6,8-9H,7,10H2,1-2H3,(H,19,22). The van der Waals surface area contributed by atoms with Gasteiger partial charge >= 0.3 is 0 Å². The second-order valence-electron chi connectivity index (χ2n) is 4.98. The smallest absolute Gasteiger partial charge is 0.269 e. The number of Topliss-reactive ketones (excluding diaryl/α,β-unsaturated/α-hetero) is 1. The lowest BCUT2D eigenvalue weighted by Gasteiger charge is -2.09. The molecule has 0 aliphatic heterocycles. The first-order valence-corrected chi connectivity index (χ1v) is 7.42. The lowest BCUT2D eigenvalue weighted by molar-refractivity contribution is -0.117. The van der Waals surface area contributed by atoms with Crippen molar-refractivity contribution in [3.05, 3.63) is 58.4 Å². The summed E-state index contributed by atoms with van der Waals surface area (Å²) in [6.45, 7) is 0. The highest BCUT2D eigenvalue weighted by Crippen LogP contribution is 2.23. The van der Waals surface area contributed by atoms with Crippen molar-refractivity contribution in [3.63, 3.8) is 0 Å². The van der Waals surface area contributed by atoms with Crippen molar-refractivity contribution < 1.29 is 14.3 Å².